The largest absolute Gasteiger partial charge is 0.335 e. The van der Waals surface area contributed by atoms with Crippen LogP contribution in [0, 0.1) is 11.7 Å². The first kappa shape index (κ1) is 21.7. The minimum absolute atomic E-state index is 0.0225. The monoisotopic (exact) mass is 470 g/mol. The maximum Gasteiger partial charge on any atom is 0.243 e. The highest BCUT2D eigenvalue weighted by Gasteiger charge is 2.37. The first-order valence-electron chi connectivity index (χ1n) is 10.1. The number of fused-ring (bicyclic) bond motifs is 1. The van der Waals surface area contributed by atoms with Gasteiger partial charge in [0.25, 0.3) is 0 Å². The van der Waals surface area contributed by atoms with Gasteiger partial charge < -0.3 is 4.90 Å². The van der Waals surface area contributed by atoms with E-state index >= 15 is 0 Å². The molecule has 0 aliphatic carbocycles. The van der Waals surface area contributed by atoms with Gasteiger partial charge in [0.1, 0.15) is 5.82 Å². The second-order valence-electron chi connectivity index (χ2n) is 7.76. The number of nitrogens with zero attached hydrogens (tertiary/aromatic N) is 2. The minimum Gasteiger partial charge on any atom is -0.335 e. The maximum absolute atomic E-state index is 13.4. The van der Waals surface area contributed by atoms with Crippen molar-refractivity contribution in [2.75, 3.05) is 19.6 Å². The van der Waals surface area contributed by atoms with E-state index in [1.165, 1.54) is 20.8 Å². The van der Waals surface area contributed by atoms with Gasteiger partial charge in [-0.25, -0.2) is 12.8 Å². The van der Waals surface area contributed by atoms with Crippen LogP contribution >= 0.6 is 22.9 Å². The molecule has 2 aromatic rings. The summed E-state index contributed by atoms with van der Waals surface area (Å²) in [6.45, 7) is 3.35. The molecule has 3 heterocycles. The van der Waals surface area contributed by atoms with Crippen LogP contribution in [-0.4, -0.2) is 43.2 Å². The lowest BCUT2D eigenvalue weighted by Crippen LogP contribution is -2.47. The van der Waals surface area contributed by atoms with E-state index in [0.29, 0.717) is 12.8 Å². The highest BCUT2D eigenvalue weighted by Crippen LogP contribution is 2.37. The summed E-state index contributed by atoms with van der Waals surface area (Å²) in [6, 6.07) is 5.66. The van der Waals surface area contributed by atoms with Crippen LogP contribution in [0.5, 0.6) is 0 Å². The van der Waals surface area contributed by atoms with Gasteiger partial charge in [0.2, 0.25) is 15.9 Å². The highest BCUT2D eigenvalue weighted by molar-refractivity contribution is 7.89. The standard InChI is InChI=1S/C21H24ClFN2O3S2/c1-2-19-16-8-12-29-20(16)7-11-25(19)21(26)14-5-9-24(10-6-14)30(27,28)15-3-4-18(23)17(22)13-15/h3-4,8,12-14,19H,2,5-7,9-11H2,1H3/t19-/m1/s1. The molecular formula is C21H24ClFN2O3S2. The quantitative estimate of drug-likeness (QED) is 0.662. The number of carbonyl (C=O) groups excluding carboxylic acids is 1. The first-order valence-corrected chi connectivity index (χ1v) is 12.8. The Hall–Kier alpha value is -1.48. The Morgan fingerprint density at radius 2 is 1.97 bits per heavy atom. The lowest BCUT2D eigenvalue weighted by atomic mass is 9.92. The molecule has 0 N–H and O–H groups in total. The number of hydrogen-bond donors (Lipinski definition) is 0. The van der Waals surface area contributed by atoms with Crippen molar-refractivity contribution in [2.24, 2.45) is 5.92 Å². The van der Waals surface area contributed by atoms with Gasteiger partial charge in [-0.15, -0.1) is 11.3 Å². The summed E-state index contributed by atoms with van der Waals surface area (Å²) in [7, 11) is -3.76. The van der Waals surface area contributed by atoms with E-state index in [-0.39, 0.29) is 40.9 Å². The van der Waals surface area contributed by atoms with Crippen LogP contribution in [0.3, 0.4) is 0 Å². The molecule has 2 aliphatic heterocycles. The summed E-state index contributed by atoms with van der Waals surface area (Å²) in [4.78, 5) is 16.6. The average Bonchev–Trinajstić information content (AvgIpc) is 3.23. The number of hydrogen-bond acceptors (Lipinski definition) is 4. The predicted molar refractivity (Wildman–Crippen MR) is 116 cm³/mol. The van der Waals surface area contributed by atoms with E-state index in [9.17, 15) is 17.6 Å². The fraction of sp³-hybridized carbons (Fsp3) is 0.476. The smallest absolute Gasteiger partial charge is 0.243 e. The van der Waals surface area contributed by atoms with Gasteiger partial charge in [-0.05, 0) is 60.9 Å². The molecule has 1 amide bonds. The van der Waals surface area contributed by atoms with Crippen LogP contribution < -0.4 is 0 Å². The van der Waals surface area contributed by atoms with Gasteiger partial charge in [-0.3, -0.25) is 4.79 Å². The summed E-state index contributed by atoms with van der Waals surface area (Å²) in [5, 5.41) is 1.87. The van der Waals surface area contributed by atoms with Gasteiger partial charge in [0.15, 0.2) is 0 Å². The van der Waals surface area contributed by atoms with Crippen molar-refractivity contribution >= 4 is 38.9 Å². The summed E-state index contributed by atoms with van der Waals surface area (Å²) < 4.78 is 40.5. The van der Waals surface area contributed by atoms with Crippen LogP contribution in [0.1, 0.15) is 42.7 Å². The van der Waals surface area contributed by atoms with Gasteiger partial charge in [0, 0.05) is 30.4 Å². The molecule has 1 aromatic heterocycles. The Balaban J connectivity index is 1.44. The van der Waals surface area contributed by atoms with Gasteiger partial charge in [-0.1, -0.05) is 18.5 Å². The lowest BCUT2D eigenvalue weighted by Gasteiger charge is -2.39. The van der Waals surface area contributed by atoms with Crippen molar-refractivity contribution in [1.82, 2.24) is 9.21 Å². The Morgan fingerprint density at radius 1 is 1.23 bits per heavy atom. The fourth-order valence-electron chi connectivity index (χ4n) is 4.46. The molecule has 1 aromatic carbocycles. The van der Waals surface area contributed by atoms with Crippen LogP contribution in [0.25, 0.3) is 0 Å². The molecule has 0 unspecified atom stereocenters. The van der Waals surface area contributed by atoms with Crippen molar-refractivity contribution in [1.29, 1.82) is 0 Å². The van der Waals surface area contributed by atoms with E-state index in [1.54, 1.807) is 11.3 Å². The van der Waals surface area contributed by atoms with Gasteiger partial charge >= 0.3 is 0 Å². The summed E-state index contributed by atoms with van der Waals surface area (Å²) in [5.41, 5.74) is 1.26. The fourth-order valence-corrected chi connectivity index (χ4v) is 7.13. The number of halogens is 2. The van der Waals surface area contributed by atoms with E-state index < -0.39 is 15.8 Å². The molecule has 4 rings (SSSR count). The Labute approximate surface area is 185 Å². The molecule has 0 saturated carbocycles. The average molecular weight is 471 g/mol. The zero-order valence-electron chi connectivity index (χ0n) is 16.7. The third-order valence-corrected chi connectivity index (χ3v) is 9.28. The summed E-state index contributed by atoms with van der Waals surface area (Å²) in [6.07, 6.45) is 2.72. The molecule has 30 heavy (non-hydrogen) atoms. The van der Waals surface area contributed by atoms with E-state index in [2.05, 4.69) is 18.4 Å². The predicted octanol–water partition coefficient (Wildman–Crippen LogP) is 4.48. The molecule has 9 heteroatoms. The van der Waals surface area contributed by atoms with E-state index in [1.807, 2.05) is 4.90 Å². The molecule has 1 saturated heterocycles. The van der Waals surface area contributed by atoms with Gasteiger partial charge in [-0.2, -0.15) is 4.31 Å². The molecule has 0 bridgehead atoms. The molecule has 1 atom stereocenters. The number of amides is 1. The number of piperidine rings is 1. The third-order valence-electron chi connectivity index (χ3n) is 6.10. The molecule has 5 nitrogen and oxygen atoms in total. The Morgan fingerprint density at radius 3 is 2.63 bits per heavy atom. The van der Waals surface area contributed by atoms with Crippen molar-refractivity contribution in [3.05, 3.63) is 50.9 Å². The minimum atomic E-state index is -3.76. The topological polar surface area (TPSA) is 57.7 Å². The van der Waals surface area contributed by atoms with Crippen molar-refractivity contribution in [3.63, 3.8) is 0 Å². The maximum atomic E-state index is 13.4. The molecule has 2 aliphatic rings. The number of thiophene rings is 1. The molecule has 0 spiro atoms. The molecule has 1 fully saturated rings. The zero-order chi connectivity index (χ0) is 21.5. The second-order valence-corrected chi connectivity index (χ2v) is 11.1. The van der Waals surface area contributed by atoms with Crippen LogP contribution in [0.4, 0.5) is 4.39 Å². The second kappa shape index (κ2) is 8.57. The normalized spacial score (nSPS) is 20.9. The molecule has 0 radical (unpaired) electrons. The SMILES string of the molecule is CC[C@@H]1c2ccsc2CCN1C(=O)C1CCN(S(=O)(=O)c2ccc(F)c(Cl)c2)CC1. The van der Waals surface area contributed by atoms with Gasteiger partial charge in [0.05, 0.1) is 16.0 Å². The number of rotatable bonds is 4. The van der Waals surface area contributed by atoms with E-state index in [4.69, 9.17) is 11.6 Å². The summed E-state index contributed by atoms with van der Waals surface area (Å²) in [5.74, 6) is -0.705. The van der Waals surface area contributed by atoms with E-state index in [0.717, 1.165) is 31.5 Å². The highest BCUT2D eigenvalue weighted by atomic mass is 35.5. The van der Waals surface area contributed by atoms with Crippen LogP contribution in [0.15, 0.2) is 34.5 Å². The third kappa shape index (κ3) is 3.90. The van der Waals surface area contributed by atoms with Crippen LogP contribution in [-0.2, 0) is 21.2 Å². The Kier molecular flexibility index (Phi) is 6.21. The number of benzene rings is 1. The molecular weight excluding hydrogens is 447 g/mol. The zero-order valence-corrected chi connectivity index (χ0v) is 19.1. The first-order chi connectivity index (χ1) is 14.3. The van der Waals surface area contributed by atoms with Crippen molar-refractivity contribution in [2.45, 2.75) is 43.5 Å². The Bertz CT molecular complexity index is 1050. The van der Waals surface area contributed by atoms with Crippen molar-refractivity contribution < 1.29 is 17.6 Å². The van der Waals surface area contributed by atoms with Crippen molar-refractivity contribution in [3.8, 4) is 0 Å². The molecule has 162 valence electrons. The number of sulfonamides is 1. The lowest BCUT2D eigenvalue weighted by molar-refractivity contribution is -0.139. The van der Waals surface area contributed by atoms with Crippen LogP contribution in [0.2, 0.25) is 5.02 Å². The summed E-state index contributed by atoms with van der Waals surface area (Å²) >= 11 is 7.51. The number of carbonyl (C=O) groups is 1.